The van der Waals surface area contributed by atoms with Gasteiger partial charge in [0.25, 0.3) is 5.91 Å². The van der Waals surface area contributed by atoms with E-state index in [0.29, 0.717) is 11.8 Å². The fraction of sp³-hybridized carbons (Fsp3) is 0.571. The Morgan fingerprint density at radius 3 is 2.56 bits per heavy atom. The van der Waals surface area contributed by atoms with E-state index in [1.807, 2.05) is 30.9 Å². The second-order valence-electron chi connectivity index (χ2n) is 5.47. The van der Waals surface area contributed by atoms with Gasteiger partial charge in [-0.3, -0.25) is 9.78 Å². The lowest BCUT2D eigenvalue weighted by atomic mass is 10.0. The highest BCUT2D eigenvalue weighted by molar-refractivity contribution is 5.95. The summed E-state index contributed by atoms with van der Waals surface area (Å²) in [4.78, 5) is 18.8. The summed E-state index contributed by atoms with van der Waals surface area (Å²) in [6, 6.07) is 3.82. The first kappa shape index (κ1) is 11.7. The van der Waals surface area contributed by atoms with Gasteiger partial charge in [0.2, 0.25) is 0 Å². The van der Waals surface area contributed by atoms with Crippen molar-refractivity contribution in [1.82, 2.24) is 15.2 Å². The quantitative estimate of drug-likeness (QED) is 0.802. The van der Waals surface area contributed by atoms with Gasteiger partial charge in [-0.1, -0.05) is 0 Å². The number of nitrogens with one attached hydrogen (secondary N) is 1. The van der Waals surface area contributed by atoms with Gasteiger partial charge < -0.3 is 10.2 Å². The highest BCUT2D eigenvalue weighted by Gasteiger charge is 2.38. The van der Waals surface area contributed by atoms with Gasteiger partial charge in [-0.25, -0.2) is 0 Å². The standard InChI is InChI=1S/C14H19N3O/c1-9-3-4-13(10(2)16-9)14(18)17-7-11-5-15-6-12(11)8-17/h3-4,11-12,15H,5-8H2,1-2H3/t11-,12+. The molecule has 0 spiro atoms. The summed E-state index contributed by atoms with van der Waals surface area (Å²) < 4.78 is 0. The molecule has 2 atom stereocenters. The smallest absolute Gasteiger partial charge is 0.255 e. The number of carbonyl (C=O) groups excluding carboxylic acids is 1. The Labute approximate surface area is 107 Å². The minimum Gasteiger partial charge on any atom is -0.338 e. The average Bonchev–Trinajstić information content (AvgIpc) is 2.87. The highest BCUT2D eigenvalue weighted by Crippen LogP contribution is 2.27. The van der Waals surface area contributed by atoms with Gasteiger partial charge in [0.1, 0.15) is 0 Å². The fourth-order valence-electron chi connectivity index (χ4n) is 3.10. The molecule has 96 valence electrons. The number of amides is 1. The molecule has 1 amide bonds. The van der Waals surface area contributed by atoms with Crippen molar-refractivity contribution in [2.75, 3.05) is 26.2 Å². The number of hydrogen-bond donors (Lipinski definition) is 1. The third kappa shape index (κ3) is 1.90. The molecule has 0 saturated carbocycles. The van der Waals surface area contributed by atoms with Crippen LogP contribution in [-0.2, 0) is 0 Å². The second kappa shape index (κ2) is 4.35. The van der Waals surface area contributed by atoms with Crippen molar-refractivity contribution >= 4 is 5.91 Å². The van der Waals surface area contributed by atoms with E-state index in [-0.39, 0.29) is 5.91 Å². The number of hydrogen-bond acceptors (Lipinski definition) is 3. The van der Waals surface area contributed by atoms with Crippen molar-refractivity contribution in [1.29, 1.82) is 0 Å². The minimum atomic E-state index is 0.148. The van der Waals surface area contributed by atoms with Gasteiger partial charge in [0.05, 0.1) is 11.3 Å². The van der Waals surface area contributed by atoms with Gasteiger partial charge in [-0.15, -0.1) is 0 Å². The van der Waals surface area contributed by atoms with Crippen LogP contribution in [0.25, 0.3) is 0 Å². The van der Waals surface area contributed by atoms with Crippen molar-refractivity contribution < 1.29 is 4.79 Å². The van der Waals surface area contributed by atoms with Crippen LogP contribution in [0, 0.1) is 25.7 Å². The predicted octanol–water partition coefficient (Wildman–Crippen LogP) is 0.990. The molecule has 2 fully saturated rings. The minimum absolute atomic E-state index is 0.148. The van der Waals surface area contributed by atoms with Gasteiger partial charge in [0, 0.05) is 31.9 Å². The third-order valence-electron chi connectivity index (χ3n) is 4.13. The number of aromatic nitrogens is 1. The predicted molar refractivity (Wildman–Crippen MR) is 69.5 cm³/mol. The van der Waals surface area contributed by atoms with Crippen molar-refractivity contribution in [3.63, 3.8) is 0 Å². The Bertz CT molecular complexity index is 474. The Balaban J connectivity index is 1.79. The first-order valence-electron chi connectivity index (χ1n) is 6.59. The molecule has 0 radical (unpaired) electrons. The van der Waals surface area contributed by atoms with Crippen LogP contribution in [0.1, 0.15) is 21.7 Å². The molecule has 4 heteroatoms. The van der Waals surface area contributed by atoms with Crippen molar-refractivity contribution in [2.24, 2.45) is 11.8 Å². The van der Waals surface area contributed by atoms with E-state index in [1.54, 1.807) is 0 Å². The number of likely N-dealkylation sites (tertiary alicyclic amines) is 1. The first-order valence-corrected chi connectivity index (χ1v) is 6.59. The zero-order valence-electron chi connectivity index (χ0n) is 10.9. The van der Waals surface area contributed by atoms with Crippen LogP contribution >= 0.6 is 0 Å². The van der Waals surface area contributed by atoms with E-state index in [0.717, 1.165) is 43.1 Å². The van der Waals surface area contributed by atoms with E-state index < -0.39 is 0 Å². The molecule has 0 bridgehead atoms. The maximum Gasteiger partial charge on any atom is 0.255 e. The highest BCUT2D eigenvalue weighted by atomic mass is 16.2. The number of nitrogens with zero attached hydrogens (tertiary/aromatic N) is 2. The zero-order chi connectivity index (χ0) is 12.7. The van der Waals surface area contributed by atoms with E-state index in [9.17, 15) is 4.79 Å². The van der Waals surface area contributed by atoms with Gasteiger partial charge in [-0.2, -0.15) is 0 Å². The SMILES string of the molecule is Cc1ccc(C(=O)N2C[C@H]3CNC[C@H]3C2)c(C)n1. The van der Waals surface area contributed by atoms with Crippen molar-refractivity contribution in [2.45, 2.75) is 13.8 Å². The molecule has 3 rings (SSSR count). The Morgan fingerprint density at radius 2 is 1.94 bits per heavy atom. The summed E-state index contributed by atoms with van der Waals surface area (Å²) in [5.41, 5.74) is 2.57. The monoisotopic (exact) mass is 245 g/mol. The number of pyridine rings is 1. The number of fused-ring (bicyclic) bond motifs is 1. The number of carbonyl (C=O) groups is 1. The lowest BCUT2D eigenvalue weighted by Crippen LogP contribution is -2.32. The van der Waals surface area contributed by atoms with Crippen LogP contribution in [0.5, 0.6) is 0 Å². The first-order chi connectivity index (χ1) is 8.65. The third-order valence-corrected chi connectivity index (χ3v) is 4.13. The summed E-state index contributed by atoms with van der Waals surface area (Å²) in [5.74, 6) is 1.44. The van der Waals surface area contributed by atoms with Crippen LogP contribution < -0.4 is 5.32 Å². The summed E-state index contributed by atoms with van der Waals surface area (Å²) >= 11 is 0. The van der Waals surface area contributed by atoms with E-state index in [4.69, 9.17) is 0 Å². The van der Waals surface area contributed by atoms with Crippen LogP contribution in [0.3, 0.4) is 0 Å². The molecule has 0 unspecified atom stereocenters. The van der Waals surface area contributed by atoms with Crippen LogP contribution in [0.4, 0.5) is 0 Å². The summed E-state index contributed by atoms with van der Waals surface area (Å²) in [6.45, 7) is 7.76. The molecule has 3 heterocycles. The van der Waals surface area contributed by atoms with E-state index in [2.05, 4.69) is 10.3 Å². The lowest BCUT2D eigenvalue weighted by molar-refractivity contribution is 0.0780. The van der Waals surface area contributed by atoms with Crippen molar-refractivity contribution in [3.05, 3.63) is 29.1 Å². The molecule has 2 aliphatic rings. The number of rotatable bonds is 1. The van der Waals surface area contributed by atoms with Crippen LogP contribution in [-0.4, -0.2) is 42.0 Å². The normalized spacial score (nSPS) is 26.4. The largest absolute Gasteiger partial charge is 0.338 e. The zero-order valence-corrected chi connectivity index (χ0v) is 10.9. The maximum atomic E-state index is 12.5. The maximum absolute atomic E-state index is 12.5. The lowest BCUT2D eigenvalue weighted by Gasteiger charge is -2.18. The Hall–Kier alpha value is -1.42. The summed E-state index contributed by atoms with van der Waals surface area (Å²) in [5, 5.41) is 3.39. The molecule has 0 aromatic carbocycles. The van der Waals surface area contributed by atoms with Gasteiger partial charge >= 0.3 is 0 Å². The molecular weight excluding hydrogens is 226 g/mol. The topological polar surface area (TPSA) is 45.2 Å². The van der Waals surface area contributed by atoms with E-state index >= 15 is 0 Å². The summed E-state index contributed by atoms with van der Waals surface area (Å²) in [6.07, 6.45) is 0. The van der Waals surface area contributed by atoms with E-state index in [1.165, 1.54) is 0 Å². The second-order valence-corrected chi connectivity index (χ2v) is 5.47. The molecule has 4 nitrogen and oxygen atoms in total. The van der Waals surface area contributed by atoms with Crippen LogP contribution in [0.15, 0.2) is 12.1 Å². The number of aryl methyl sites for hydroxylation is 2. The molecular formula is C14H19N3O. The van der Waals surface area contributed by atoms with Gasteiger partial charge in [0.15, 0.2) is 0 Å². The summed E-state index contributed by atoms with van der Waals surface area (Å²) in [7, 11) is 0. The molecule has 18 heavy (non-hydrogen) atoms. The molecule has 2 aliphatic heterocycles. The Morgan fingerprint density at radius 1 is 1.28 bits per heavy atom. The average molecular weight is 245 g/mol. The molecule has 1 aromatic rings. The molecule has 1 N–H and O–H groups in total. The van der Waals surface area contributed by atoms with Crippen molar-refractivity contribution in [3.8, 4) is 0 Å². The van der Waals surface area contributed by atoms with Crippen LogP contribution in [0.2, 0.25) is 0 Å². The fourth-order valence-corrected chi connectivity index (χ4v) is 3.10. The molecule has 0 aliphatic carbocycles. The molecule has 1 aromatic heterocycles. The Kier molecular flexibility index (Phi) is 2.82. The van der Waals surface area contributed by atoms with Gasteiger partial charge in [-0.05, 0) is 37.8 Å². The molecule has 2 saturated heterocycles.